The molecule has 5 nitrogen and oxygen atoms in total. The molecule has 2 rings (SSSR count). The molecule has 24 heavy (non-hydrogen) atoms. The van der Waals surface area contributed by atoms with Gasteiger partial charge in [0.25, 0.3) is 0 Å². The Morgan fingerprint density at radius 2 is 1.75 bits per heavy atom. The van der Waals surface area contributed by atoms with Gasteiger partial charge >= 0.3 is 0 Å². The van der Waals surface area contributed by atoms with Crippen molar-refractivity contribution in [1.82, 2.24) is 0 Å². The predicted molar refractivity (Wildman–Crippen MR) is 86.0 cm³/mol. The van der Waals surface area contributed by atoms with Crippen molar-refractivity contribution in [3.05, 3.63) is 54.1 Å². The van der Waals surface area contributed by atoms with Gasteiger partial charge in [0, 0.05) is 24.4 Å². The highest BCUT2D eigenvalue weighted by atomic mass is 19.2. The van der Waals surface area contributed by atoms with E-state index in [-0.39, 0.29) is 18.1 Å². The maximum atomic E-state index is 13.2. The highest BCUT2D eigenvalue weighted by molar-refractivity contribution is 6.01. The van der Waals surface area contributed by atoms with Gasteiger partial charge < -0.3 is 15.0 Å². The second-order valence-electron chi connectivity index (χ2n) is 4.98. The van der Waals surface area contributed by atoms with Crippen molar-refractivity contribution in [2.24, 2.45) is 0 Å². The largest absolute Gasteiger partial charge is 0.497 e. The molecule has 0 fully saturated rings. The summed E-state index contributed by atoms with van der Waals surface area (Å²) < 4.78 is 31.1. The molecule has 0 bridgehead atoms. The molecule has 7 heteroatoms. The monoisotopic (exact) mass is 334 g/mol. The third kappa shape index (κ3) is 4.28. The topological polar surface area (TPSA) is 58.6 Å². The van der Waals surface area contributed by atoms with Crippen LogP contribution in [0.5, 0.6) is 5.75 Å². The molecular formula is C17H16F2N2O3. The van der Waals surface area contributed by atoms with Crippen molar-refractivity contribution in [1.29, 1.82) is 0 Å². The van der Waals surface area contributed by atoms with Gasteiger partial charge in [-0.1, -0.05) is 0 Å². The number of halogens is 2. The van der Waals surface area contributed by atoms with Gasteiger partial charge in [0.2, 0.25) is 11.8 Å². The third-order valence-corrected chi connectivity index (χ3v) is 3.27. The summed E-state index contributed by atoms with van der Waals surface area (Å²) in [6, 6.07) is 9.64. The van der Waals surface area contributed by atoms with Crippen molar-refractivity contribution in [2.75, 3.05) is 23.9 Å². The molecule has 1 N–H and O–H groups in total. The number of rotatable bonds is 5. The maximum absolute atomic E-state index is 13.2. The molecule has 0 aliphatic rings. The number of anilines is 2. The molecule has 0 aliphatic carbocycles. The van der Waals surface area contributed by atoms with Crippen LogP contribution in [0.15, 0.2) is 42.5 Å². The fraction of sp³-hybridized carbons (Fsp3) is 0.176. The van der Waals surface area contributed by atoms with Crippen molar-refractivity contribution >= 4 is 23.2 Å². The van der Waals surface area contributed by atoms with E-state index in [2.05, 4.69) is 5.32 Å². The summed E-state index contributed by atoms with van der Waals surface area (Å²) in [5, 5.41) is 2.42. The molecule has 0 aliphatic heterocycles. The normalized spacial score (nSPS) is 10.2. The van der Waals surface area contributed by atoms with E-state index in [9.17, 15) is 18.4 Å². The zero-order valence-electron chi connectivity index (χ0n) is 13.2. The summed E-state index contributed by atoms with van der Waals surface area (Å²) >= 11 is 0. The number of carbonyl (C=O) groups is 2. The minimum absolute atomic E-state index is 0.108. The quantitative estimate of drug-likeness (QED) is 0.914. The average Bonchev–Trinajstić information content (AvgIpc) is 2.56. The van der Waals surface area contributed by atoms with Gasteiger partial charge in [0.05, 0.1) is 7.11 Å². The standard InChI is InChI=1S/C17H16F2N2O3/c1-11(22)21(13-4-6-14(24-2)7-5-13)10-17(23)20-12-3-8-15(18)16(19)9-12/h3-9H,10H2,1-2H3,(H,20,23). The van der Waals surface area contributed by atoms with Gasteiger partial charge in [-0.05, 0) is 36.4 Å². The summed E-state index contributed by atoms with van der Waals surface area (Å²) in [4.78, 5) is 25.1. The smallest absolute Gasteiger partial charge is 0.244 e. The first-order valence-electron chi connectivity index (χ1n) is 7.07. The number of nitrogens with one attached hydrogen (secondary N) is 1. The number of nitrogens with zero attached hydrogens (tertiary/aromatic N) is 1. The molecule has 0 heterocycles. The Labute approximate surface area is 137 Å². The molecule has 0 atom stereocenters. The van der Waals surface area contributed by atoms with Crippen LogP contribution in [0.2, 0.25) is 0 Å². The minimum Gasteiger partial charge on any atom is -0.497 e. The summed E-state index contributed by atoms with van der Waals surface area (Å²) in [5.74, 6) is -2.32. The SMILES string of the molecule is COc1ccc(N(CC(=O)Nc2ccc(F)c(F)c2)C(C)=O)cc1. The van der Waals surface area contributed by atoms with Crippen LogP contribution in [0.4, 0.5) is 20.2 Å². The number of amides is 2. The number of ether oxygens (including phenoxy) is 1. The van der Waals surface area contributed by atoms with Gasteiger partial charge in [0.15, 0.2) is 11.6 Å². The molecule has 2 amide bonds. The summed E-state index contributed by atoms with van der Waals surface area (Å²) in [6.07, 6.45) is 0. The Morgan fingerprint density at radius 3 is 2.29 bits per heavy atom. The Balaban J connectivity index is 2.10. The minimum atomic E-state index is -1.06. The molecule has 0 saturated heterocycles. The van der Waals surface area contributed by atoms with Crippen LogP contribution in [0.25, 0.3) is 0 Å². The van der Waals surface area contributed by atoms with E-state index in [1.54, 1.807) is 24.3 Å². The summed E-state index contributed by atoms with van der Waals surface area (Å²) in [7, 11) is 1.52. The first kappa shape index (κ1) is 17.4. The lowest BCUT2D eigenvalue weighted by Crippen LogP contribution is -2.36. The van der Waals surface area contributed by atoms with E-state index < -0.39 is 17.5 Å². The van der Waals surface area contributed by atoms with E-state index in [0.717, 1.165) is 12.1 Å². The Kier molecular flexibility index (Phi) is 5.47. The van der Waals surface area contributed by atoms with E-state index >= 15 is 0 Å². The lowest BCUT2D eigenvalue weighted by atomic mass is 10.2. The van der Waals surface area contributed by atoms with Crippen LogP contribution in [-0.2, 0) is 9.59 Å². The molecule has 2 aromatic carbocycles. The fourth-order valence-corrected chi connectivity index (χ4v) is 2.06. The fourth-order valence-electron chi connectivity index (χ4n) is 2.06. The van der Waals surface area contributed by atoms with Gasteiger partial charge in [-0.25, -0.2) is 8.78 Å². The molecule has 0 saturated carbocycles. The van der Waals surface area contributed by atoms with E-state index in [1.807, 2.05) is 0 Å². The second-order valence-corrected chi connectivity index (χ2v) is 4.98. The van der Waals surface area contributed by atoms with Crippen molar-refractivity contribution in [3.8, 4) is 5.75 Å². The first-order valence-corrected chi connectivity index (χ1v) is 7.07. The van der Waals surface area contributed by atoms with Crippen LogP contribution in [0, 0.1) is 11.6 Å². The highest BCUT2D eigenvalue weighted by Crippen LogP contribution is 2.20. The van der Waals surface area contributed by atoms with Crippen LogP contribution in [-0.4, -0.2) is 25.5 Å². The van der Waals surface area contributed by atoms with Crippen molar-refractivity contribution in [3.63, 3.8) is 0 Å². The molecule has 0 spiro atoms. The Bertz CT molecular complexity index is 748. The number of methoxy groups -OCH3 is 1. The Morgan fingerprint density at radius 1 is 1.08 bits per heavy atom. The van der Waals surface area contributed by atoms with Gasteiger partial charge in [0.1, 0.15) is 12.3 Å². The molecule has 0 unspecified atom stereocenters. The van der Waals surface area contributed by atoms with Crippen LogP contribution >= 0.6 is 0 Å². The lowest BCUT2D eigenvalue weighted by molar-refractivity contribution is -0.120. The van der Waals surface area contributed by atoms with Crippen molar-refractivity contribution < 1.29 is 23.1 Å². The number of carbonyl (C=O) groups excluding carboxylic acids is 2. The zero-order chi connectivity index (χ0) is 17.7. The maximum Gasteiger partial charge on any atom is 0.244 e. The summed E-state index contributed by atoms with van der Waals surface area (Å²) in [6.45, 7) is 1.07. The van der Waals surface area contributed by atoms with E-state index in [4.69, 9.17) is 4.74 Å². The van der Waals surface area contributed by atoms with Crippen molar-refractivity contribution in [2.45, 2.75) is 6.92 Å². The summed E-state index contributed by atoms with van der Waals surface area (Å²) in [5.41, 5.74) is 0.626. The highest BCUT2D eigenvalue weighted by Gasteiger charge is 2.16. The van der Waals surface area contributed by atoms with Gasteiger partial charge in [-0.3, -0.25) is 9.59 Å². The first-order chi connectivity index (χ1) is 11.4. The molecule has 2 aromatic rings. The second kappa shape index (κ2) is 7.54. The lowest BCUT2D eigenvalue weighted by Gasteiger charge is -2.21. The predicted octanol–water partition coefficient (Wildman–Crippen LogP) is 2.97. The molecule has 126 valence electrons. The average molecular weight is 334 g/mol. The van der Waals surface area contributed by atoms with Crippen LogP contribution in [0.3, 0.4) is 0 Å². The number of hydrogen-bond acceptors (Lipinski definition) is 3. The number of hydrogen-bond donors (Lipinski definition) is 1. The van der Waals surface area contributed by atoms with Crippen LogP contribution < -0.4 is 15.0 Å². The molecule has 0 aromatic heterocycles. The van der Waals surface area contributed by atoms with Gasteiger partial charge in [-0.2, -0.15) is 0 Å². The van der Waals surface area contributed by atoms with Crippen LogP contribution in [0.1, 0.15) is 6.92 Å². The van der Waals surface area contributed by atoms with E-state index in [0.29, 0.717) is 11.4 Å². The third-order valence-electron chi connectivity index (χ3n) is 3.27. The zero-order valence-corrected chi connectivity index (χ0v) is 13.2. The molecule has 0 radical (unpaired) electrons. The number of benzene rings is 2. The van der Waals surface area contributed by atoms with Gasteiger partial charge in [-0.15, -0.1) is 0 Å². The molecular weight excluding hydrogens is 318 g/mol. The Hall–Kier alpha value is -2.96. The van der Waals surface area contributed by atoms with E-state index in [1.165, 1.54) is 25.0 Å².